The molecule has 0 aromatic rings. The fourth-order valence-electron chi connectivity index (χ4n) is 2.40. The average Bonchev–Trinajstić information content (AvgIpc) is 3.06. The molecule has 11 heteroatoms. The van der Waals surface area contributed by atoms with Crippen molar-refractivity contribution in [2.45, 2.75) is 39.2 Å². The molecule has 1 N–H and O–H groups in total. The monoisotopic (exact) mass is 395 g/mol. The number of carbonyl (C=O) groups is 6. The highest BCUT2D eigenvalue weighted by Gasteiger charge is 2.37. The molecule has 2 aliphatic rings. The molecule has 2 aliphatic heterocycles. The maximum Gasteiger partial charge on any atom is 0.407 e. The van der Waals surface area contributed by atoms with Crippen LogP contribution in [0.5, 0.6) is 0 Å². The van der Waals surface area contributed by atoms with Crippen molar-refractivity contribution in [2.24, 2.45) is 5.92 Å². The predicted octanol–water partition coefficient (Wildman–Crippen LogP) is -0.340. The Kier molecular flexibility index (Phi) is 6.16. The number of nitrogens with one attached hydrogen (secondary N) is 1. The lowest BCUT2D eigenvalue weighted by Crippen LogP contribution is -2.46. The third kappa shape index (κ3) is 5.38. The van der Waals surface area contributed by atoms with Crippen LogP contribution < -0.4 is 5.32 Å². The highest BCUT2D eigenvalue weighted by Crippen LogP contribution is 2.16. The molecule has 1 atom stereocenters. The van der Waals surface area contributed by atoms with E-state index < -0.39 is 53.8 Å². The molecule has 2 heterocycles. The Morgan fingerprint density at radius 3 is 2.11 bits per heavy atom. The fourth-order valence-corrected chi connectivity index (χ4v) is 2.40. The van der Waals surface area contributed by atoms with Crippen LogP contribution in [0.3, 0.4) is 0 Å². The second kappa shape index (κ2) is 8.19. The zero-order chi connectivity index (χ0) is 21.1. The second-order valence-corrected chi connectivity index (χ2v) is 7.19. The largest absolute Gasteiger partial charge is 0.444 e. The first-order valence-electron chi connectivity index (χ1n) is 8.56. The summed E-state index contributed by atoms with van der Waals surface area (Å²) in [4.78, 5) is 76.7. The molecule has 1 fully saturated rings. The Morgan fingerprint density at radius 2 is 1.61 bits per heavy atom. The Bertz CT molecular complexity index is 718. The summed E-state index contributed by atoms with van der Waals surface area (Å²) in [5, 5.41) is 2.71. The SMILES string of the molecule is CC(C)(C)OC(=O)NC[C@H](CN1C(=O)C=CC1=O)C(=O)ON1C(=O)CCC1=O. The Balaban J connectivity index is 2.06. The Labute approximate surface area is 160 Å². The maximum absolute atomic E-state index is 12.5. The van der Waals surface area contributed by atoms with E-state index in [1.807, 2.05) is 0 Å². The zero-order valence-corrected chi connectivity index (χ0v) is 15.7. The number of rotatable bonds is 6. The van der Waals surface area contributed by atoms with Crippen LogP contribution in [0.4, 0.5) is 4.79 Å². The Morgan fingerprint density at radius 1 is 1.07 bits per heavy atom. The van der Waals surface area contributed by atoms with E-state index in [0.717, 1.165) is 17.1 Å². The topological polar surface area (TPSA) is 139 Å². The standard InChI is InChI=1S/C17H21N3O8/c1-17(2,3)27-16(26)18-8-10(9-19-11(21)4-5-12(19)22)15(25)28-20-13(23)6-7-14(20)24/h4-5,10H,6-9H2,1-3H3,(H,18,26)/t10-/m1/s1. The minimum Gasteiger partial charge on any atom is -0.444 e. The summed E-state index contributed by atoms with van der Waals surface area (Å²) in [6.45, 7) is 4.19. The lowest BCUT2D eigenvalue weighted by atomic mass is 10.1. The first kappa shape index (κ1) is 21.1. The van der Waals surface area contributed by atoms with Gasteiger partial charge in [0, 0.05) is 38.1 Å². The van der Waals surface area contributed by atoms with E-state index >= 15 is 0 Å². The van der Waals surface area contributed by atoms with Crippen molar-refractivity contribution in [3.63, 3.8) is 0 Å². The van der Waals surface area contributed by atoms with E-state index in [1.54, 1.807) is 20.8 Å². The molecule has 0 unspecified atom stereocenters. The molecule has 0 spiro atoms. The molecular formula is C17H21N3O8. The van der Waals surface area contributed by atoms with Crippen LogP contribution in [0.2, 0.25) is 0 Å². The summed E-state index contributed by atoms with van der Waals surface area (Å²) >= 11 is 0. The lowest BCUT2D eigenvalue weighted by Gasteiger charge is -2.24. The number of amides is 5. The van der Waals surface area contributed by atoms with Gasteiger partial charge in [0.1, 0.15) is 5.60 Å². The summed E-state index contributed by atoms with van der Waals surface area (Å²) in [5.41, 5.74) is -0.778. The molecular weight excluding hydrogens is 374 g/mol. The summed E-state index contributed by atoms with van der Waals surface area (Å²) in [6, 6.07) is 0. The van der Waals surface area contributed by atoms with E-state index in [0.29, 0.717) is 5.06 Å². The molecule has 0 aromatic carbocycles. The highest BCUT2D eigenvalue weighted by molar-refractivity contribution is 6.13. The maximum atomic E-state index is 12.5. The number of hydroxylamine groups is 2. The molecule has 152 valence electrons. The zero-order valence-electron chi connectivity index (χ0n) is 15.7. The number of hydrogen-bond donors (Lipinski definition) is 1. The lowest BCUT2D eigenvalue weighted by molar-refractivity contribution is -0.200. The predicted molar refractivity (Wildman–Crippen MR) is 90.8 cm³/mol. The van der Waals surface area contributed by atoms with Crippen LogP contribution in [0.1, 0.15) is 33.6 Å². The van der Waals surface area contributed by atoms with Crippen LogP contribution in [0.25, 0.3) is 0 Å². The van der Waals surface area contributed by atoms with Gasteiger partial charge in [-0.05, 0) is 20.8 Å². The molecule has 0 saturated carbocycles. The summed E-state index contributed by atoms with van der Waals surface area (Å²) in [6.07, 6.45) is 1.09. The highest BCUT2D eigenvalue weighted by atomic mass is 16.7. The van der Waals surface area contributed by atoms with Crippen molar-refractivity contribution >= 4 is 35.7 Å². The van der Waals surface area contributed by atoms with E-state index in [2.05, 4.69) is 5.32 Å². The van der Waals surface area contributed by atoms with Gasteiger partial charge in [-0.15, -0.1) is 5.06 Å². The van der Waals surface area contributed by atoms with Gasteiger partial charge in [0.05, 0.1) is 5.92 Å². The quantitative estimate of drug-likeness (QED) is 0.603. The number of hydrogen-bond acceptors (Lipinski definition) is 8. The summed E-state index contributed by atoms with van der Waals surface area (Å²) < 4.78 is 5.07. The molecule has 28 heavy (non-hydrogen) atoms. The van der Waals surface area contributed by atoms with Crippen LogP contribution in [-0.2, 0) is 33.5 Å². The van der Waals surface area contributed by atoms with Crippen LogP contribution in [0.15, 0.2) is 12.2 Å². The van der Waals surface area contributed by atoms with E-state index in [4.69, 9.17) is 9.57 Å². The normalized spacial score (nSPS) is 18.0. The second-order valence-electron chi connectivity index (χ2n) is 7.19. The van der Waals surface area contributed by atoms with Crippen molar-refractivity contribution in [3.8, 4) is 0 Å². The minimum atomic E-state index is -1.22. The molecule has 1 saturated heterocycles. The molecule has 0 radical (unpaired) electrons. The van der Waals surface area contributed by atoms with Gasteiger partial charge in [-0.25, -0.2) is 9.59 Å². The van der Waals surface area contributed by atoms with Gasteiger partial charge in [0.15, 0.2) is 0 Å². The first-order valence-corrected chi connectivity index (χ1v) is 8.56. The molecule has 0 bridgehead atoms. The van der Waals surface area contributed by atoms with Gasteiger partial charge in [0.25, 0.3) is 23.6 Å². The fraction of sp³-hybridized carbons (Fsp3) is 0.529. The van der Waals surface area contributed by atoms with Crippen molar-refractivity contribution in [1.29, 1.82) is 0 Å². The van der Waals surface area contributed by atoms with Gasteiger partial charge in [0.2, 0.25) is 0 Å². The first-order chi connectivity index (χ1) is 13.0. The number of imide groups is 2. The Hall–Kier alpha value is -3.24. The smallest absolute Gasteiger partial charge is 0.407 e. The number of carbonyl (C=O) groups excluding carboxylic acids is 6. The van der Waals surface area contributed by atoms with Gasteiger partial charge in [-0.2, -0.15) is 0 Å². The van der Waals surface area contributed by atoms with Crippen molar-refractivity contribution in [1.82, 2.24) is 15.3 Å². The van der Waals surface area contributed by atoms with Crippen molar-refractivity contribution in [2.75, 3.05) is 13.1 Å². The van der Waals surface area contributed by atoms with Crippen molar-refractivity contribution in [3.05, 3.63) is 12.2 Å². The van der Waals surface area contributed by atoms with E-state index in [1.165, 1.54) is 0 Å². The molecule has 11 nitrogen and oxygen atoms in total. The van der Waals surface area contributed by atoms with Crippen LogP contribution in [-0.4, -0.2) is 64.3 Å². The third-order valence-electron chi connectivity index (χ3n) is 3.72. The minimum absolute atomic E-state index is 0.0834. The molecule has 5 amide bonds. The molecule has 2 rings (SSSR count). The summed E-state index contributed by atoms with van der Waals surface area (Å²) in [5.74, 6) is -4.88. The van der Waals surface area contributed by atoms with E-state index in [9.17, 15) is 28.8 Å². The van der Waals surface area contributed by atoms with E-state index in [-0.39, 0.29) is 19.4 Å². The number of nitrogens with zero attached hydrogens (tertiary/aromatic N) is 2. The van der Waals surface area contributed by atoms with Gasteiger partial charge in [-0.1, -0.05) is 0 Å². The van der Waals surface area contributed by atoms with Crippen molar-refractivity contribution < 1.29 is 38.3 Å². The third-order valence-corrected chi connectivity index (χ3v) is 3.72. The molecule has 0 aliphatic carbocycles. The van der Waals surface area contributed by atoms with Gasteiger partial charge < -0.3 is 14.9 Å². The van der Waals surface area contributed by atoms with Crippen LogP contribution in [0, 0.1) is 5.92 Å². The number of ether oxygens (including phenoxy) is 1. The summed E-state index contributed by atoms with van der Waals surface area (Å²) in [7, 11) is 0. The van der Waals surface area contributed by atoms with Crippen LogP contribution >= 0.6 is 0 Å². The van der Waals surface area contributed by atoms with Gasteiger partial charge >= 0.3 is 12.1 Å². The van der Waals surface area contributed by atoms with Gasteiger partial charge in [-0.3, -0.25) is 24.1 Å². The average molecular weight is 395 g/mol. The number of alkyl carbamates (subject to hydrolysis) is 1. The molecule has 0 aromatic heterocycles.